The van der Waals surface area contributed by atoms with E-state index in [4.69, 9.17) is 4.74 Å². The molecule has 2 saturated heterocycles. The highest BCUT2D eigenvalue weighted by Gasteiger charge is 2.25. The third-order valence-corrected chi connectivity index (χ3v) is 3.81. The van der Waals surface area contributed by atoms with Crippen LogP contribution < -0.4 is 5.32 Å². The number of likely N-dealkylation sites (N-methyl/N-ethyl adjacent to an activating group) is 1. The van der Waals surface area contributed by atoms with Crippen molar-refractivity contribution in [2.24, 2.45) is 0 Å². The van der Waals surface area contributed by atoms with Crippen LogP contribution in [0.2, 0.25) is 0 Å². The molecule has 0 radical (unpaired) electrons. The van der Waals surface area contributed by atoms with Gasteiger partial charge in [-0.15, -0.1) is 0 Å². The van der Waals surface area contributed by atoms with Gasteiger partial charge in [0, 0.05) is 25.2 Å². The van der Waals surface area contributed by atoms with Crippen LogP contribution >= 0.6 is 0 Å². The first-order valence-corrected chi connectivity index (χ1v) is 6.31. The van der Waals surface area contributed by atoms with Crippen LogP contribution in [-0.2, 0) is 4.74 Å². The maximum atomic E-state index is 5.61. The van der Waals surface area contributed by atoms with Crippen LogP contribution in [0.5, 0.6) is 0 Å². The highest BCUT2D eigenvalue weighted by molar-refractivity contribution is 4.85. The molecule has 3 heteroatoms. The van der Waals surface area contributed by atoms with Crippen molar-refractivity contribution in [2.75, 3.05) is 26.7 Å². The first-order valence-electron chi connectivity index (χ1n) is 6.31. The van der Waals surface area contributed by atoms with Gasteiger partial charge in [0.1, 0.15) is 0 Å². The molecular formula is C12H24N2O. The summed E-state index contributed by atoms with van der Waals surface area (Å²) in [6, 6.07) is 1.44. The summed E-state index contributed by atoms with van der Waals surface area (Å²) >= 11 is 0. The molecule has 3 nitrogen and oxygen atoms in total. The first-order chi connectivity index (χ1) is 7.25. The van der Waals surface area contributed by atoms with Gasteiger partial charge in [-0.1, -0.05) is 0 Å². The van der Waals surface area contributed by atoms with E-state index < -0.39 is 0 Å². The predicted octanol–water partition coefficient (Wildman–Crippen LogP) is 1.24. The Kier molecular flexibility index (Phi) is 4.00. The summed E-state index contributed by atoms with van der Waals surface area (Å²) in [5.41, 5.74) is 0. The summed E-state index contributed by atoms with van der Waals surface area (Å²) in [4.78, 5) is 2.43. The lowest BCUT2D eigenvalue weighted by atomic mass is 10.1. The zero-order valence-electron chi connectivity index (χ0n) is 10.0. The third-order valence-electron chi connectivity index (χ3n) is 3.81. The second-order valence-corrected chi connectivity index (χ2v) is 5.10. The summed E-state index contributed by atoms with van der Waals surface area (Å²) in [5.74, 6) is 0. The van der Waals surface area contributed by atoms with E-state index in [2.05, 4.69) is 24.2 Å². The molecule has 0 saturated carbocycles. The lowest BCUT2D eigenvalue weighted by Gasteiger charge is -2.14. The highest BCUT2D eigenvalue weighted by atomic mass is 16.5. The Balaban J connectivity index is 1.58. The van der Waals surface area contributed by atoms with Gasteiger partial charge in [-0.2, -0.15) is 0 Å². The topological polar surface area (TPSA) is 24.5 Å². The standard InChI is InChI=1S/C12H24N2O/c1-10-8-11(9-14(10)2)13-6-5-12-4-3-7-15-12/h10-13H,3-9H2,1-2H3. The third kappa shape index (κ3) is 3.16. The average molecular weight is 212 g/mol. The van der Waals surface area contributed by atoms with Crippen molar-refractivity contribution < 1.29 is 4.74 Å². The van der Waals surface area contributed by atoms with Gasteiger partial charge in [-0.05, 0) is 46.2 Å². The molecule has 0 aromatic heterocycles. The van der Waals surface area contributed by atoms with Crippen molar-refractivity contribution in [3.8, 4) is 0 Å². The van der Waals surface area contributed by atoms with Gasteiger partial charge in [0.25, 0.3) is 0 Å². The van der Waals surface area contributed by atoms with E-state index in [9.17, 15) is 0 Å². The molecule has 88 valence electrons. The number of ether oxygens (including phenoxy) is 1. The molecular weight excluding hydrogens is 188 g/mol. The Morgan fingerprint density at radius 3 is 2.93 bits per heavy atom. The minimum Gasteiger partial charge on any atom is -0.378 e. The molecule has 3 atom stereocenters. The molecule has 0 aliphatic carbocycles. The van der Waals surface area contributed by atoms with Crippen molar-refractivity contribution in [1.29, 1.82) is 0 Å². The van der Waals surface area contributed by atoms with Crippen LogP contribution in [0.15, 0.2) is 0 Å². The lowest BCUT2D eigenvalue weighted by Crippen LogP contribution is -2.33. The maximum absolute atomic E-state index is 5.61. The molecule has 2 aliphatic rings. The van der Waals surface area contributed by atoms with E-state index in [1.54, 1.807) is 0 Å². The predicted molar refractivity (Wildman–Crippen MR) is 62.1 cm³/mol. The summed E-state index contributed by atoms with van der Waals surface area (Å²) < 4.78 is 5.61. The van der Waals surface area contributed by atoms with Crippen molar-refractivity contribution in [3.05, 3.63) is 0 Å². The Morgan fingerprint density at radius 1 is 1.47 bits per heavy atom. The molecule has 0 aromatic carbocycles. The number of nitrogens with one attached hydrogen (secondary N) is 1. The fourth-order valence-corrected chi connectivity index (χ4v) is 2.66. The van der Waals surface area contributed by atoms with Crippen molar-refractivity contribution in [2.45, 2.75) is 50.8 Å². The summed E-state index contributed by atoms with van der Waals surface area (Å²) in [5, 5.41) is 3.65. The molecule has 3 unspecified atom stereocenters. The zero-order valence-corrected chi connectivity index (χ0v) is 10.0. The van der Waals surface area contributed by atoms with Crippen LogP contribution in [-0.4, -0.2) is 49.8 Å². The van der Waals surface area contributed by atoms with E-state index in [1.807, 2.05) is 0 Å². The van der Waals surface area contributed by atoms with Gasteiger partial charge in [0.2, 0.25) is 0 Å². The quantitative estimate of drug-likeness (QED) is 0.759. The van der Waals surface area contributed by atoms with Crippen molar-refractivity contribution in [1.82, 2.24) is 10.2 Å². The Labute approximate surface area is 93.2 Å². The maximum Gasteiger partial charge on any atom is 0.0588 e. The van der Waals surface area contributed by atoms with Gasteiger partial charge < -0.3 is 15.0 Å². The molecule has 0 aromatic rings. The minimum atomic E-state index is 0.536. The highest BCUT2D eigenvalue weighted by Crippen LogP contribution is 2.17. The number of hydrogen-bond acceptors (Lipinski definition) is 3. The van der Waals surface area contributed by atoms with Gasteiger partial charge >= 0.3 is 0 Å². The second-order valence-electron chi connectivity index (χ2n) is 5.10. The Morgan fingerprint density at radius 2 is 2.33 bits per heavy atom. The molecule has 2 fully saturated rings. The smallest absolute Gasteiger partial charge is 0.0588 e. The molecule has 2 rings (SSSR count). The lowest BCUT2D eigenvalue weighted by molar-refractivity contribution is 0.103. The Hall–Kier alpha value is -0.120. The number of nitrogens with zero attached hydrogens (tertiary/aromatic N) is 1. The van der Waals surface area contributed by atoms with Gasteiger partial charge in [0.05, 0.1) is 6.10 Å². The summed E-state index contributed by atoms with van der Waals surface area (Å²) in [7, 11) is 2.21. The van der Waals surface area contributed by atoms with Crippen LogP contribution in [0.4, 0.5) is 0 Å². The number of hydrogen-bond donors (Lipinski definition) is 1. The molecule has 0 spiro atoms. The van der Waals surface area contributed by atoms with E-state index in [0.29, 0.717) is 12.1 Å². The van der Waals surface area contributed by atoms with E-state index in [0.717, 1.165) is 19.2 Å². The van der Waals surface area contributed by atoms with Crippen molar-refractivity contribution in [3.63, 3.8) is 0 Å². The number of likely N-dealkylation sites (tertiary alicyclic amines) is 1. The summed E-state index contributed by atoms with van der Waals surface area (Å²) in [6.07, 6.45) is 5.54. The fraction of sp³-hybridized carbons (Fsp3) is 1.00. The largest absolute Gasteiger partial charge is 0.378 e. The van der Waals surface area contributed by atoms with E-state index in [-0.39, 0.29) is 0 Å². The monoisotopic (exact) mass is 212 g/mol. The summed E-state index contributed by atoms with van der Waals surface area (Å²) in [6.45, 7) is 5.61. The molecule has 15 heavy (non-hydrogen) atoms. The van der Waals surface area contributed by atoms with Crippen molar-refractivity contribution >= 4 is 0 Å². The SMILES string of the molecule is CC1CC(NCCC2CCCO2)CN1C. The molecule has 1 N–H and O–H groups in total. The number of rotatable bonds is 4. The van der Waals surface area contributed by atoms with Gasteiger partial charge in [0.15, 0.2) is 0 Å². The van der Waals surface area contributed by atoms with Crippen LogP contribution in [0.1, 0.15) is 32.6 Å². The molecule has 0 bridgehead atoms. The first kappa shape index (κ1) is 11.4. The van der Waals surface area contributed by atoms with Crippen LogP contribution in [0.25, 0.3) is 0 Å². The molecule has 2 heterocycles. The van der Waals surface area contributed by atoms with Gasteiger partial charge in [-0.25, -0.2) is 0 Å². The fourth-order valence-electron chi connectivity index (χ4n) is 2.66. The molecule has 0 amide bonds. The minimum absolute atomic E-state index is 0.536. The Bertz CT molecular complexity index is 182. The van der Waals surface area contributed by atoms with Gasteiger partial charge in [-0.3, -0.25) is 0 Å². The normalized spacial score (nSPS) is 37.6. The van der Waals surface area contributed by atoms with E-state index in [1.165, 1.54) is 32.2 Å². The second kappa shape index (κ2) is 5.28. The van der Waals surface area contributed by atoms with Crippen LogP contribution in [0, 0.1) is 0 Å². The molecule has 2 aliphatic heterocycles. The zero-order chi connectivity index (χ0) is 10.7. The average Bonchev–Trinajstić information content (AvgIpc) is 2.79. The van der Waals surface area contributed by atoms with E-state index >= 15 is 0 Å². The van der Waals surface area contributed by atoms with Crippen LogP contribution in [0.3, 0.4) is 0 Å².